The van der Waals surface area contributed by atoms with E-state index in [9.17, 15) is 14.3 Å². The third kappa shape index (κ3) is 2.69. The van der Waals surface area contributed by atoms with Crippen molar-refractivity contribution < 1.29 is 14.3 Å². The van der Waals surface area contributed by atoms with Gasteiger partial charge >= 0.3 is 0 Å². The van der Waals surface area contributed by atoms with Crippen LogP contribution in [0.4, 0.5) is 10.1 Å². The minimum Gasteiger partial charge on any atom is -0.508 e. The Morgan fingerprint density at radius 3 is 2.68 bits per heavy atom. The van der Waals surface area contributed by atoms with Gasteiger partial charge in [-0.15, -0.1) is 0 Å². The topological polar surface area (TPSA) is 49.3 Å². The van der Waals surface area contributed by atoms with Crippen LogP contribution >= 0.6 is 11.6 Å². The molecule has 2 aromatic rings. The number of carbonyl (C=O) groups excluding carboxylic acids is 1. The zero-order valence-electron chi connectivity index (χ0n) is 10.1. The van der Waals surface area contributed by atoms with Crippen molar-refractivity contribution in [2.45, 2.75) is 6.92 Å². The zero-order valence-corrected chi connectivity index (χ0v) is 10.8. The summed E-state index contributed by atoms with van der Waals surface area (Å²) in [5.41, 5.74) is 1.03. The first-order valence-electron chi connectivity index (χ1n) is 5.54. The lowest BCUT2D eigenvalue weighted by Crippen LogP contribution is -2.13. The minimum absolute atomic E-state index is 0.0457. The number of phenolic OH excluding ortho intramolecular Hbond substituents is 1. The number of aromatic hydroxyl groups is 1. The maximum absolute atomic E-state index is 13.3. The van der Waals surface area contributed by atoms with E-state index in [0.29, 0.717) is 11.3 Å². The fourth-order valence-electron chi connectivity index (χ4n) is 1.63. The van der Waals surface area contributed by atoms with Crippen LogP contribution in [-0.2, 0) is 0 Å². The van der Waals surface area contributed by atoms with E-state index in [1.807, 2.05) is 0 Å². The average Bonchev–Trinajstić information content (AvgIpc) is 2.38. The number of amides is 1. The molecule has 2 N–H and O–H groups in total. The number of halogens is 2. The van der Waals surface area contributed by atoms with Crippen molar-refractivity contribution in [2.75, 3.05) is 5.32 Å². The van der Waals surface area contributed by atoms with Gasteiger partial charge in [0.2, 0.25) is 0 Å². The normalized spacial score (nSPS) is 10.3. The molecule has 0 unspecified atom stereocenters. The van der Waals surface area contributed by atoms with Crippen molar-refractivity contribution in [3.63, 3.8) is 0 Å². The summed E-state index contributed by atoms with van der Waals surface area (Å²) in [5.74, 6) is -1.11. The highest BCUT2D eigenvalue weighted by Gasteiger charge is 2.14. The van der Waals surface area contributed by atoms with Crippen LogP contribution in [0.5, 0.6) is 5.75 Å². The molecule has 0 saturated carbocycles. The molecule has 0 fully saturated rings. The van der Waals surface area contributed by atoms with Gasteiger partial charge in [-0.05, 0) is 31.2 Å². The first-order chi connectivity index (χ1) is 9.00. The number of carbonyl (C=O) groups is 1. The van der Waals surface area contributed by atoms with Crippen LogP contribution in [0.25, 0.3) is 0 Å². The van der Waals surface area contributed by atoms with Crippen molar-refractivity contribution in [2.24, 2.45) is 0 Å². The fraction of sp³-hybridized carbons (Fsp3) is 0.0714. The lowest BCUT2D eigenvalue weighted by atomic mass is 10.1. The smallest absolute Gasteiger partial charge is 0.257 e. The molecule has 0 bridgehead atoms. The maximum atomic E-state index is 13.3. The molecule has 0 spiro atoms. The van der Waals surface area contributed by atoms with Crippen LogP contribution < -0.4 is 5.32 Å². The molecule has 19 heavy (non-hydrogen) atoms. The Kier molecular flexibility index (Phi) is 3.71. The van der Waals surface area contributed by atoms with Crippen LogP contribution in [0.1, 0.15) is 15.9 Å². The molecule has 0 radical (unpaired) electrons. The standard InChI is InChI=1S/C14H11ClFNO2/c1-8-11(6-3-7-12(8)18)17-14(19)9-4-2-5-10(16)13(9)15/h2-7,18H,1H3,(H,17,19). The number of hydrogen-bond acceptors (Lipinski definition) is 2. The molecule has 0 aromatic heterocycles. The molecule has 98 valence electrons. The molecule has 5 heteroatoms. The second kappa shape index (κ2) is 5.28. The molecule has 0 saturated heterocycles. The van der Waals surface area contributed by atoms with Crippen LogP contribution in [0.2, 0.25) is 5.02 Å². The maximum Gasteiger partial charge on any atom is 0.257 e. The predicted octanol–water partition coefficient (Wildman–Crippen LogP) is 3.75. The molecule has 0 aliphatic carbocycles. The van der Waals surface area contributed by atoms with Crippen molar-refractivity contribution in [1.82, 2.24) is 0 Å². The third-order valence-corrected chi connectivity index (χ3v) is 3.13. The van der Waals surface area contributed by atoms with E-state index >= 15 is 0 Å². The zero-order chi connectivity index (χ0) is 14.0. The summed E-state index contributed by atoms with van der Waals surface area (Å²) in [6.45, 7) is 1.66. The van der Waals surface area contributed by atoms with E-state index in [2.05, 4.69) is 5.32 Å². The Morgan fingerprint density at radius 2 is 1.95 bits per heavy atom. The molecular formula is C14H11ClFNO2. The lowest BCUT2D eigenvalue weighted by molar-refractivity contribution is 0.102. The van der Waals surface area contributed by atoms with Gasteiger partial charge in [0.1, 0.15) is 11.6 Å². The number of phenols is 1. The van der Waals surface area contributed by atoms with Crippen LogP contribution in [-0.4, -0.2) is 11.0 Å². The van der Waals surface area contributed by atoms with E-state index in [1.165, 1.54) is 24.3 Å². The van der Waals surface area contributed by atoms with E-state index in [1.54, 1.807) is 19.1 Å². The number of hydrogen-bond donors (Lipinski definition) is 2. The van der Waals surface area contributed by atoms with E-state index in [4.69, 9.17) is 11.6 Å². The molecule has 0 heterocycles. The summed E-state index contributed by atoms with van der Waals surface area (Å²) in [6, 6.07) is 8.77. The highest BCUT2D eigenvalue weighted by molar-refractivity contribution is 6.34. The molecular weight excluding hydrogens is 269 g/mol. The highest BCUT2D eigenvalue weighted by Crippen LogP contribution is 2.26. The molecule has 1 amide bonds. The van der Waals surface area contributed by atoms with Gasteiger partial charge < -0.3 is 10.4 Å². The quantitative estimate of drug-likeness (QED) is 0.880. The number of rotatable bonds is 2. The summed E-state index contributed by atoms with van der Waals surface area (Å²) in [5, 5.41) is 11.9. The molecule has 0 aliphatic rings. The average molecular weight is 280 g/mol. The summed E-state index contributed by atoms with van der Waals surface area (Å²) in [6.07, 6.45) is 0. The van der Waals surface area contributed by atoms with Crippen molar-refractivity contribution in [3.05, 3.63) is 58.4 Å². The molecule has 2 rings (SSSR count). The van der Waals surface area contributed by atoms with Gasteiger partial charge in [0, 0.05) is 11.3 Å². The molecule has 3 nitrogen and oxygen atoms in total. The summed E-state index contributed by atoms with van der Waals surface area (Å²) in [4.78, 5) is 12.0. The largest absolute Gasteiger partial charge is 0.508 e. The Bertz CT molecular complexity index is 643. The summed E-state index contributed by atoms with van der Waals surface area (Å²) in [7, 11) is 0. The van der Waals surface area contributed by atoms with Gasteiger partial charge in [0.15, 0.2) is 0 Å². The van der Waals surface area contributed by atoms with Gasteiger partial charge in [-0.1, -0.05) is 23.7 Å². The van der Waals surface area contributed by atoms with Crippen LogP contribution in [0, 0.1) is 12.7 Å². The second-order valence-corrected chi connectivity index (χ2v) is 4.38. The fourth-order valence-corrected chi connectivity index (χ4v) is 1.84. The Hall–Kier alpha value is -2.07. The molecule has 0 atom stereocenters. The SMILES string of the molecule is Cc1c(O)cccc1NC(=O)c1cccc(F)c1Cl. The van der Waals surface area contributed by atoms with Gasteiger partial charge in [0.05, 0.1) is 10.6 Å². The first kappa shape index (κ1) is 13.4. The number of anilines is 1. The summed E-state index contributed by atoms with van der Waals surface area (Å²) < 4.78 is 13.3. The Balaban J connectivity index is 2.31. The Morgan fingerprint density at radius 1 is 1.26 bits per heavy atom. The first-order valence-corrected chi connectivity index (χ1v) is 5.92. The van der Waals surface area contributed by atoms with E-state index < -0.39 is 11.7 Å². The molecule has 0 aliphatic heterocycles. The predicted molar refractivity (Wildman–Crippen MR) is 72.2 cm³/mol. The van der Waals surface area contributed by atoms with Crippen LogP contribution in [0.15, 0.2) is 36.4 Å². The van der Waals surface area contributed by atoms with Crippen molar-refractivity contribution in [3.8, 4) is 5.75 Å². The van der Waals surface area contributed by atoms with E-state index in [0.717, 1.165) is 0 Å². The molecule has 2 aromatic carbocycles. The third-order valence-electron chi connectivity index (χ3n) is 2.75. The van der Waals surface area contributed by atoms with Gasteiger partial charge in [-0.25, -0.2) is 4.39 Å². The van der Waals surface area contributed by atoms with Crippen molar-refractivity contribution in [1.29, 1.82) is 0 Å². The summed E-state index contributed by atoms with van der Waals surface area (Å²) >= 11 is 5.74. The second-order valence-electron chi connectivity index (χ2n) is 4.01. The lowest BCUT2D eigenvalue weighted by Gasteiger charge is -2.10. The van der Waals surface area contributed by atoms with Gasteiger partial charge in [-0.3, -0.25) is 4.79 Å². The highest BCUT2D eigenvalue weighted by atomic mass is 35.5. The van der Waals surface area contributed by atoms with Gasteiger partial charge in [0.25, 0.3) is 5.91 Å². The number of benzene rings is 2. The number of nitrogens with one attached hydrogen (secondary N) is 1. The van der Waals surface area contributed by atoms with Crippen LogP contribution in [0.3, 0.4) is 0 Å². The van der Waals surface area contributed by atoms with Crippen molar-refractivity contribution >= 4 is 23.2 Å². The van der Waals surface area contributed by atoms with E-state index in [-0.39, 0.29) is 16.3 Å². The minimum atomic E-state index is -0.651. The Labute approximate surface area is 114 Å². The monoisotopic (exact) mass is 279 g/mol. The van der Waals surface area contributed by atoms with Gasteiger partial charge in [-0.2, -0.15) is 0 Å².